The van der Waals surface area contributed by atoms with Gasteiger partial charge in [-0.1, -0.05) is 12.2 Å². The number of nitrogens with two attached hydrogens (primary N) is 1. The maximum absolute atomic E-state index is 12.0. The van der Waals surface area contributed by atoms with Crippen molar-refractivity contribution in [1.29, 1.82) is 0 Å². The van der Waals surface area contributed by atoms with Crippen molar-refractivity contribution in [3.8, 4) is 0 Å². The molecule has 1 rings (SSSR count). The molecule has 0 unspecified atom stereocenters. The van der Waals surface area contributed by atoms with Gasteiger partial charge in [-0.2, -0.15) is 0 Å². The topological polar surface area (TPSA) is 50.9 Å². The van der Waals surface area contributed by atoms with E-state index in [-0.39, 0.29) is 4.99 Å². The van der Waals surface area contributed by atoms with Gasteiger partial charge in [0, 0.05) is 6.20 Å². The minimum absolute atomic E-state index is 0.150. The lowest BCUT2D eigenvalue weighted by Crippen LogP contribution is -2.18. The number of aromatic nitrogens is 1. The fourth-order valence-electron chi connectivity index (χ4n) is 1.18. The third-order valence-electron chi connectivity index (χ3n) is 1.83. The monoisotopic (exact) mass is 231 g/mol. The van der Waals surface area contributed by atoms with E-state index in [0.717, 1.165) is 5.56 Å². The number of thiocarbonyl (C=S) groups is 1. The maximum Gasteiger partial charge on any atom is 0.255 e. The first-order valence-electron chi connectivity index (χ1n) is 4.29. The van der Waals surface area contributed by atoms with Crippen molar-refractivity contribution in [3.05, 3.63) is 23.4 Å². The van der Waals surface area contributed by atoms with Crippen molar-refractivity contribution in [2.45, 2.75) is 13.3 Å². The zero-order chi connectivity index (χ0) is 11.4. The number of hydrogen-bond donors (Lipinski definition) is 2. The van der Waals surface area contributed by atoms with Gasteiger partial charge in [0.1, 0.15) is 10.8 Å². The zero-order valence-electron chi connectivity index (χ0n) is 8.13. The first-order chi connectivity index (χ1) is 7.02. The molecule has 1 aromatic heterocycles. The molecule has 0 amide bonds. The van der Waals surface area contributed by atoms with Crippen molar-refractivity contribution < 1.29 is 8.78 Å². The summed E-state index contributed by atoms with van der Waals surface area (Å²) >= 11 is 4.83. The smallest absolute Gasteiger partial charge is 0.255 e. The Morgan fingerprint density at radius 2 is 2.33 bits per heavy atom. The largest absolute Gasteiger partial charge is 0.389 e. The summed E-state index contributed by atoms with van der Waals surface area (Å²) in [6.07, 6.45) is -0.920. The van der Waals surface area contributed by atoms with E-state index in [1.165, 1.54) is 6.20 Å². The molecular weight excluding hydrogens is 220 g/mol. The fourth-order valence-corrected chi connectivity index (χ4v) is 1.43. The molecule has 0 spiro atoms. The predicted molar refractivity (Wildman–Crippen MR) is 59.4 cm³/mol. The summed E-state index contributed by atoms with van der Waals surface area (Å²) in [6, 6.07) is 1.72. The Morgan fingerprint density at radius 1 is 1.67 bits per heavy atom. The van der Waals surface area contributed by atoms with Crippen LogP contribution in [-0.2, 0) is 0 Å². The van der Waals surface area contributed by atoms with Gasteiger partial charge in [0.25, 0.3) is 6.43 Å². The normalized spacial score (nSPS) is 10.4. The summed E-state index contributed by atoms with van der Waals surface area (Å²) in [7, 11) is 0. The summed E-state index contributed by atoms with van der Waals surface area (Å²) in [5.41, 5.74) is 6.82. The molecule has 0 bridgehead atoms. The van der Waals surface area contributed by atoms with Gasteiger partial charge in [0.15, 0.2) is 0 Å². The maximum atomic E-state index is 12.0. The van der Waals surface area contributed by atoms with E-state index < -0.39 is 13.0 Å². The minimum atomic E-state index is -2.44. The standard InChI is InChI=1S/C9H11F2N3S/c1-5-2-3-13-9(7(5)8(12)15)14-4-6(10)11/h2-3,6H,4H2,1H3,(H2,12,15)(H,13,14). The molecule has 3 nitrogen and oxygen atoms in total. The molecule has 0 radical (unpaired) electrons. The third-order valence-corrected chi connectivity index (χ3v) is 2.03. The highest BCUT2D eigenvalue weighted by Crippen LogP contribution is 2.16. The van der Waals surface area contributed by atoms with Crippen molar-refractivity contribution in [3.63, 3.8) is 0 Å². The number of anilines is 1. The zero-order valence-corrected chi connectivity index (χ0v) is 8.94. The molecule has 0 aliphatic carbocycles. The Labute approximate surface area is 91.7 Å². The number of rotatable bonds is 4. The van der Waals surface area contributed by atoms with Crippen LogP contribution in [0.25, 0.3) is 0 Å². The van der Waals surface area contributed by atoms with Gasteiger partial charge >= 0.3 is 0 Å². The van der Waals surface area contributed by atoms with Crippen LogP contribution in [0.1, 0.15) is 11.1 Å². The number of aryl methyl sites for hydroxylation is 1. The van der Waals surface area contributed by atoms with E-state index >= 15 is 0 Å². The van der Waals surface area contributed by atoms with Gasteiger partial charge in [0.05, 0.1) is 12.1 Å². The van der Waals surface area contributed by atoms with Gasteiger partial charge < -0.3 is 11.1 Å². The number of nitrogens with one attached hydrogen (secondary N) is 1. The Bertz CT molecular complexity index is 368. The minimum Gasteiger partial charge on any atom is -0.389 e. The van der Waals surface area contributed by atoms with Gasteiger partial charge in [-0.05, 0) is 18.6 Å². The molecule has 1 aromatic rings. The molecule has 0 aliphatic heterocycles. The van der Waals surface area contributed by atoms with Crippen LogP contribution in [0.4, 0.5) is 14.6 Å². The van der Waals surface area contributed by atoms with E-state index in [1.54, 1.807) is 13.0 Å². The molecule has 0 saturated carbocycles. The van der Waals surface area contributed by atoms with Crippen LogP contribution in [0.15, 0.2) is 12.3 Å². The molecule has 0 aliphatic rings. The second kappa shape index (κ2) is 4.97. The molecule has 1 heterocycles. The molecule has 15 heavy (non-hydrogen) atoms. The number of halogens is 2. The lowest BCUT2D eigenvalue weighted by atomic mass is 10.1. The van der Waals surface area contributed by atoms with E-state index in [2.05, 4.69) is 10.3 Å². The first-order valence-corrected chi connectivity index (χ1v) is 4.70. The van der Waals surface area contributed by atoms with E-state index in [9.17, 15) is 8.78 Å². The molecule has 0 saturated heterocycles. The van der Waals surface area contributed by atoms with Crippen LogP contribution < -0.4 is 11.1 Å². The first kappa shape index (κ1) is 11.8. The van der Waals surface area contributed by atoms with Crippen molar-refractivity contribution >= 4 is 23.0 Å². The Morgan fingerprint density at radius 3 is 2.87 bits per heavy atom. The van der Waals surface area contributed by atoms with Crippen LogP contribution in [0.2, 0.25) is 0 Å². The number of nitrogens with zero attached hydrogens (tertiary/aromatic N) is 1. The molecule has 6 heteroatoms. The van der Waals surface area contributed by atoms with E-state index in [4.69, 9.17) is 18.0 Å². The summed E-state index contributed by atoms with van der Waals surface area (Å²) in [5, 5.41) is 2.51. The van der Waals surface area contributed by atoms with Gasteiger partial charge in [0.2, 0.25) is 0 Å². The van der Waals surface area contributed by atoms with Crippen molar-refractivity contribution in [1.82, 2.24) is 4.98 Å². The SMILES string of the molecule is Cc1ccnc(NCC(F)F)c1C(N)=S. The highest BCUT2D eigenvalue weighted by molar-refractivity contribution is 7.80. The van der Waals surface area contributed by atoms with Crippen LogP contribution >= 0.6 is 12.2 Å². The molecule has 0 atom stereocenters. The second-order valence-corrected chi connectivity index (χ2v) is 3.43. The van der Waals surface area contributed by atoms with Crippen LogP contribution in [0, 0.1) is 6.92 Å². The summed E-state index contributed by atoms with van der Waals surface area (Å²) in [5.74, 6) is 0.308. The Hall–Kier alpha value is -1.30. The number of pyridine rings is 1. The average molecular weight is 231 g/mol. The number of alkyl halides is 2. The van der Waals surface area contributed by atoms with Crippen LogP contribution in [-0.4, -0.2) is 22.9 Å². The fraction of sp³-hybridized carbons (Fsp3) is 0.333. The van der Waals surface area contributed by atoms with Crippen molar-refractivity contribution in [2.75, 3.05) is 11.9 Å². The Balaban J connectivity index is 2.96. The quantitative estimate of drug-likeness (QED) is 0.774. The lowest BCUT2D eigenvalue weighted by Gasteiger charge is -2.11. The van der Waals surface area contributed by atoms with Crippen LogP contribution in [0.5, 0.6) is 0 Å². The summed E-state index contributed by atoms with van der Waals surface area (Å²) in [6.45, 7) is 1.33. The van der Waals surface area contributed by atoms with Gasteiger partial charge in [-0.15, -0.1) is 0 Å². The molecule has 82 valence electrons. The molecule has 0 aromatic carbocycles. The highest BCUT2D eigenvalue weighted by Gasteiger charge is 2.11. The van der Waals surface area contributed by atoms with E-state index in [1.807, 2.05) is 0 Å². The number of hydrogen-bond acceptors (Lipinski definition) is 3. The highest BCUT2D eigenvalue weighted by atomic mass is 32.1. The van der Waals surface area contributed by atoms with Gasteiger partial charge in [-0.3, -0.25) is 0 Å². The summed E-state index contributed by atoms with van der Waals surface area (Å²) in [4.78, 5) is 4.07. The molecule has 0 fully saturated rings. The van der Waals surface area contributed by atoms with Gasteiger partial charge in [-0.25, -0.2) is 13.8 Å². The van der Waals surface area contributed by atoms with Crippen molar-refractivity contribution in [2.24, 2.45) is 5.73 Å². The Kier molecular flexibility index (Phi) is 3.90. The predicted octanol–water partition coefficient (Wildman–Crippen LogP) is 1.70. The second-order valence-electron chi connectivity index (χ2n) is 2.99. The lowest BCUT2D eigenvalue weighted by molar-refractivity contribution is 0.163. The van der Waals surface area contributed by atoms with E-state index in [0.29, 0.717) is 11.4 Å². The van der Waals surface area contributed by atoms with Crippen LogP contribution in [0.3, 0.4) is 0 Å². The molecular formula is C9H11F2N3S. The summed E-state index contributed by atoms with van der Waals surface area (Å²) < 4.78 is 24.0. The molecule has 3 N–H and O–H groups in total. The average Bonchev–Trinajstić information content (AvgIpc) is 2.13. The third kappa shape index (κ3) is 3.09.